The normalized spacial score (nSPS) is 10.7. The zero-order valence-electron chi connectivity index (χ0n) is 15.1. The predicted molar refractivity (Wildman–Crippen MR) is 100 cm³/mol. The molecule has 0 fully saturated rings. The Bertz CT molecular complexity index is 931. The smallest absolute Gasteiger partial charge is 0.341 e. The first-order chi connectivity index (χ1) is 12.7. The first-order valence-electron chi connectivity index (χ1n) is 8.06. The summed E-state index contributed by atoms with van der Waals surface area (Å²) in [7, 11) is 1.26. The number of amides is 1. The van der Waals surface area contributed by atoms with Crippen LogP contribution in [0.4, 0.5) is 10.7 Å². The number of aromatic nitrogens is 1. The van der Waals surface area contributed by atoms with Crippen LogP contribution in [0.3, 0.4) is 0 Å². The van der Waals surface area contributed by atoms with Crippen LogP contribution in [0.1, 0.15) is 29.8 Å². The lowest BCUT2D eigenvalue weighted by atomic mass is 10.0. The summed E-state index contributed by atoms with van der Waals surface area (Å²) in [6.45, 7) is 3.59. The lowest BCUT2D eigenvalue weighted by Gasteiger charge is -2.09. The molecule has 0 bridgehead atoms. The molecule has 0 atom stereocenters. The van der Waals surface area contributed by atoms with E-state index in [-0.39, 0.29) is 11.3 Å². The van der Waals surface area contributed by atoms with Crippen molar-refractivity contribution >= 4 is 33.9 Å². The molecule has 1 N–H and O–H groups in total. The summed E-state index contributed by atoms with van der Waals surface area (Å²) < 4.78 is 5.74. The molecule has 2 aromatic rings. The SMILES string of the molecule is COC(=O)c1c(CC(C)C)csc1NC(=O)Cn1cc([N+](=O)[O-])ccc1=O. The van der Waals surface area contributed by atoms with Crippen LogP contribution in [0.25, 0.3) is 0 Å². The summed E-state index contributed by atoms with van der Waals surface area (Å²) in [5.74, 6) is -0.842. The Labute approximate surface area is 158 Å². The fraction of sp³-hybridized carbons (Fsp3) is 0.353. The van der Waals surface area contributed by atoms with E-state index in [1.165, 1.54) is 18.4 Å². The molecule has 0 saturated carbocycles. The zero-order valence-corrected chi connectivity index (χ0v) is 15.9. The second kappa shape index (κ2) is 8.58. The van der Waals surface area contributed by atoms with E-state index in [1.807, 2.05) is 13.8 Å². The number of carbonyl (C=O) groups is 2. The van der Waals surface area contributed by atoms with Gasteiger partial charge in [-0.2, -0.15) is 0 Å². The Hall–Kier alpha value is -3.01. The van der Waals surface area contributed by atoms with Gasteiger partial charge in [-0.3, -0.25) is 24.3 Å². The number of ether oxygens (including phenoxy) is 1. The third-order valence-corrected chi connectivity index (χ3v) is 4.57. The first kappa shape index (κ1) is 20.3. The number of carbonyl (C=O) groups excluding carboxylic acids is 2. The molecule has 0 saturated heterocycles. The fourth-order valence-electron chi connectivity index (χ4n) is 2.47. The van der Waals surface area contributed by atoms with Gasteiger partial charge in [0.05, 0.1) is 23.8 Å². The minimum Gasteiger partial charge on any atom is -0.465 e. The summed E-state index contributed by atoms with van der Waals surface area (Å²) in [6, 6.07) is 2.10. The first-order valence-corrected chi connectivity index (χ1v) is 8.94. The standard InChI is InChI=1S/C17H19N3O6S/c1-10(2)6-11-9-27-16(15(11)17(23)26-3)18-13(21)8-19-7-12(20(24)25)4-5-14(19)22/h4-5,7,9-10H,6,8H2,1-3H3,(H,18,21). The molecular formula is C17H19N3O6S. The number of rotatable bonds is 7. The van der Waals surface area contributed by atoms with Gasteiger partial charge in [-0.1, -0.05) is 13.8 Å². The molecule has 0 aliphatic carbocycles. The van der Waals surface area contributed by atoms with Crippen LogP contribution >= 0.6 is 11.3 Å². The minimum atomic E-state index is -0.652. The highest BCUT2D eigenvalue weighted by Crippen LogP contribution is 2.30. The van der Waals surface area contributed by atoms with Crippen LogP contribution < -0.4 is 10.9 Å². The summed E-state index contributed by atoms with van der Waals surface area (Å²) in [5.41, 5.74) is 0.212. The van der Waals surface area contributed by atoms with E-state index in [9.17, 15) is 24.5 Å². The van der Waals surface area contributed by atoms with Crippen molar-refractivity contribution in [1.82, 2.24) is 4.57 Å². The predicted octanol–water partition coefficient (Wildman–Crippen LogP) is 2.44. The molecule has 144 valence electrons. The van der Waals surface area contributed by atoms with Gasteiger partial charge in [0.15, 0.2) is 0 Å². The Morgan fingerprint density at radius 2 is 2.07 bits per heavy atom. The molecule has 0 aromatic carbocycles. The topological polar surface area (TPSA) is 121 Å². The van der Waals surface area contributed by atoms with Crippen LogP contribution in [-0.4, -0.2) is 28.5 Å². The van der Waals surface area contributed by atoms with Crippen LogP contribution in [0.5, 0.6) is 0 Å². The van der Waals surface area contributed by atoms with E-state index in [0.717, 1.165) is 28.5 Å². The molecule has 1 amide bonds. The van der Waals surface area contributed by atoms with Gasteiger partial charge in [0.25, 0.3) is 11.2 Å². The molecule has 2 heterocycles. The number of hydrogen-bond donors (Lipinski definition) is 1. The third-order valence-electron chi connectivity index (χ3n) is 3.63. The van der Waals surface area contributed by atoms with Crippen molar-refractivity contribution in [2.24, 2.45) is 5.92 Å². The number of methoxy groups -OCH3 is 1. The molecule has 9 nitrogen and oxygen atoms in total. The van der Waals surface area contributed by atoms with Gasteiger partial charge in [0.1, 0.15) is 11.5 Å². The van der Waals surface area contributed by atoms with Crippen molar-refractivity contribution in [3.63, 3.8) is 0 Å². The molecule has 0 aliphatic heterocycles. The summed E-state index contributed by atoms with van der Waals surface area (Å²) in [4.78, 5) is 46.4. The van der Waals surface area contributed by atoms with Gasteiger partial charge >= 0.3 is 5.97 Å². The van der Waals surface area contributed by atoms with E-state index in [0.29, 0.717) is 17.3 Å². The molecule has 2 rings (SSSR count). The van der Waals surface area contributed by atoms with Gasteiger partial charge in [-0.05, 0) is 23.3 Å². The number of pyridine rings is 1. The number of anilines is 1. The third kappa shape index (κ3) is 5.00. The van der Waals surface area contributed by atoms with Crippen LogP contribution in [0.2, 0.25) is 0 Å². The lowest BCUT2D eigenvalue weighted by Crippen LogP contribution is -2.27. The summed E-state index contributed by atoms with van der Waals surface area (Å²) in [6.07, 6.45) is 1.64. The molecule has 10 heteroatoms. The van der Waals surface area contributed by atoms with Crippen LogP contribution in [-0.2, 0) is 22.5 Å². The zero-order chi connectivity index (χ0) is 20.1. The fourth-order valence-corrected chi connectivity index (χ4v) is 3.45. The maximum absolute atomic E-state index is 12.3. The maximum Gasteiger partial charge on any atom is 0.341 e. The van der Waals surface area contributed by atoms with E-state index < -0.39 is 28.9 Å². The van der Waals surface area contributed by atoms with E-state index >= 15 is 0 Å². The molecule has 27 heavy (non-hydrogen) atoms. The van der Waals surface area contributed by atoms with Gasteiger partial charge < -0.3 is 10.1 Å². The Balaban J connectivity index is 2.25. The lowest BCUT2D eigenvalue weighted by molar-refractivity contribution is -0.385. The summed E-state index contributed by atoms with van der Waals surface area (Å²) in [5, 5.41) is 15.5. The Morgan fingerprint density at radius 3 is 2.67 bits per heavy atom. The number of nitrogens with one attached hydrogen (secondary N) is 1. The number of thiophene rings is 1. The van der Waals surface area contributed by atoms with Gasteiger partial charge in [0.2, 0.25) is 5.91 Å². The van der Waals surface area contributed by atoms with Gasteiger partial charge in [0, 0.05) is 12.1 Å². The second-order valence-corrected chi connectivity index (χ2v) is 7.09. The quantitative estimate of drug-likeness (QED) is 0.438. The Morgan fingerprint density at radius 1 is 1.37 bits per heavy atom. The molecule has 0 radical (unpaired) electrons. The molecular weight excluding hydrogens is 374 g/mol. The van der Waals surface area contributed by atoms with Crippen LogP contribution in [0.15, 0.2) is 28.5 Å². The van der Waals surface area contributed by atoms with Gasteiger partial charge in [-0.25, -0.2) is 4.79 Å². The van der Waals surface area contributed by atoms with Crippen molar-refractivity contribution in [3.05, 3.63) is 55.3 Å². The van der Waals surface area contributed by atoms with Crippen molar-refractivity contribution in [1.29, 1.82) is 0 Å². The molecule has 2 aromatic heterocycles. The van der Waals surface area contributed by atoms with Crippen molar-refractivity contribution < 1.29 is 19.2 Å². The highest BCUT2D eigenvalue weighted by Gasteiger charge is 2.22. The monoisotopic (exact) mass is 393 g/mol. The number of nitrogens with zero attached hydrogens (tertiary/aromatic N) is 2. The minimum absolute atomic E-state index is 0.288. The Kier molecular flexibility index (Phi) is 6.45. The average molecular weight is 393 g/mol. The van der Waals surface area contributed by atoms with Crippen molar-refractivity contribution in [3.8, 4) is 0 Å². The summed E-state index contributed by atoms with van der Waals surface area (Å²) >= 11 is 1.18. The highest BCUT2D eigenvalue weighted by molar-refractivity contribution is 7.15. The van der Waals surface area contributed by atoms with Gasteiger partial charge in [-0.15, -0.1) is 11.3 Å². The largest absolute Gasteiger partial charge is 0.465 e. The number of esters is 1. The van der Waals surface area contributed by atoms with Crippen molar-refractivity contribution in [2.45, 2.75) is 26.8 Å². The van der Waals surface area contributed by atoms with Crippen molar-refractivity contribution in [2.75, 3.05) is 12.4 Å². The number of hydrogen-bond acceptors (Lipinski definition) is 7. The van der Waals surface area contributed by atoms with Crippen LogP contribution in [0, 0.1) is 16.0 Å². The van der Waals surface area contributed by atoms with E-state index in [2.05, 4.69) is 5.32 Å². The number of nitro groups is 1. The molecule has 0 unspecified atom stereocenters. The van der Waals surface area contributed by atoms with E-state index in [1.54, 1.807) is 5.38 Å². The second-order valence-electron chi connectivity index (χ2n) is 6.21. The van der Waals surface area contributed by atoms with E-state index in [4.69, 9.17) is 4.74 Å². The highest BCUT2D eigenvalue weighted by atomic mass is 32.1. The average Bonchev–Trinajstić information content (AvgIpc) is 2.97. The maximum atomic E-state index is 12.3. The molecule has 0 spiro atoms. The molecule has 0 aliphatic rings.